The molecule has 0 heterocycles. The van der Waals surface area contributed by atoms with Crippen molar-refractivity contribution in [1.82, 2.24) is 0 Å². The van der Waals surface area contributed by atoms with Crippen molar-refractivity contribution in [2.75, 3.05) is 5.32 Å². The molecule has 0 unspecified atom stereocenters. The van der Waals surface area contributed by atoms with E-state index in [4.69, 9.17) is 11.6 Å². The van der Waals surface area contributed by atoms with Gasteiger partial charge in [-0.25, -0.2) is 4.39 Å². The molecule has 0 fully saturated rings. The first kappa shape index (κ1) is 14.7. The van der Waals surface area contributed by atoms with Crippen LogP contribution in [0.4, 0.5) is 10.1 Å². The lowest BCUT2D eigenvalue weighted by Crippen LogP contribution is -2.14. The van der Waals surface area contributed by atoms with Gasteiger partial charge in [0.1, 0.15) is 5.82 Å². The molecular formula is C13H7BrClFINO. The van der Waals surface area contributed by atoms with E-state index in [1.54, 1.807) is 24.3 Å². The fourth-order valence-corrected chi connectivity index (χ4v) is 2.79. The molecule has 2 aromatic carbocycles. The zero-order chi connectivity index (χ0) is 14.0. The second-order valence-electron chi connectivity index (χ2n) is 3.70. The molecule has 2 nitrogen and oxygen atoms in total. The van der Waals surface area contributed by atoms with Crippen LogP contribution in [0.5, 0.6) is 0 Å². The predicted octanol–water partition coefficient (Wildman–Crippen LogP) is 5.10. The van der Waals surface area contributed by atoms with Gasteiger partial charge in [0, 0.05) is 13.1 Å². The maximum absolute atomic E-state index is 13.7. The summed E-state index contributed by atoms with van der Waals surface area (Å²) < 4.78 is 15.0. The van der Waals surface area contributed by atoms with Gasteiger partial charge in [-0.3, -0.25) is 4.79 Å². The first-order chi connectivity index (χ1) is 8.97. The number of halogens is 4. The van der Waals surface area contributed by atoms with Crippen LogP contribution in [0.3, 0.4) is 0 Å². The highest BCUT2D eigenvalue weighted by atomic mass is 127. The molecule has 2 aromatic rings. The molecule has 0 aliphatic heterocycles. The van der Waals surface area contributed by atoms with Crippen molar-refractivity contribution in [3.63, 3.8) is 0 Å². The van der Waals surface area contributed by atoms with Crippen LogP contribution >= 0.6 is 50.1 Å². The molecule has 19 heavy (non-hydrogen) atoms. The molecule has 98 valence electrons. The van der Waals surface area contributed by atoms with Gasteiger partial charge in [-0.05, 0) is 59.0 Å². The Balaban J connectivity index is 2.25. The predicted molar refractivity (Wildman–Crippen MR) is 86.2 cm³/mol. The van der Waals surface area contributed by atoms with E-state index in [-0.39, 0.29) is 5.56 Å². The number of rotatable bonds is 2. The van der Waals surface area contributed by atoms with E-state index in [1.165, 1.54) is 12.1 Å². The highest BCUT2D eigenvalue weighted by Gasteiger charge is 2.13. The highest BCUT2D eigenvalue weighted by molar-refractivity contribution is 14.1. The summed E-state index contributed by atoms with van der Waals surface area (Å²) in [4.78, 5) is 12.0. The Hall–Kier alpha value is -0.660. The number of benzene rings is 2. The van der Waals surface area contributed by atoms with Crippen LogP contribution in [-0.2, 0) is 0 Å². The van der Waals surface area contributed by atoms with Crippen LogP contribution < -0.4 is 5.32 Å². The van der Waals surface area contributed by atoms with E-state index in [0.717, 1.165) is 3.57 Å². The summed E-state index contributed by atoms with van der Waals surface area (Å²) >= 11 is 11.0. The quantitative estimate of drug-likeness (QED) is 0.629. The lowest BCUT2D eigenvalue weighted by atomic mass is 10.2. The summed E-state index contributed by atoms with van der Waals surface area (Å²) in [7, 11) is 0. The number of hydrogen-bond acceptors (Lipinski definition) is 1. The average molecular weight is 454 g/mol. The van der Waals surface area contributed by atoms with Gasteiger partial charge in [0.25, 0.3) is 5.91 Å². The molecule has 1 amide bonds. The Bertz CT molecular complexity index is 651. The second-order valence-corrected chi connectivity index (χ2v) is 6.22. The van der Waals surface area contributed by atoms with Gasteiger partial charge in [-0.1, -0.05) is 27.5 Å². The van der Waals surface area contributed by atoms with Gasteiger partial charge in [-0.2, -0.15) is 0 Å². The number of carbonyl (C=O) groups is 1. The third-order valence-electron chi connectivity index (χ3n) is 2.36. The van der Waals surface area contributed by atoms with E-state index in [1.807, 2.05) is 0 Å². The molecule has 6 heteroatoms. The Morgan fingerprint density at radius 3 is 2.63 bits per heavy atom. The van der Waals surface area contributed by atoms with E-state index in [9.17, 15) is 9.18 Å². The number of anilines is 1. The molecule has 0 spiro atoms. The summed E-state index contributed by atoms with van der Waals surface area (Å²) in [5, 5.41) is 3.23. The molecule has 0 bridgehead atoms. The summed E-state index contributed by atoms with van der Waals surface area (Å²) in [6.45, 7) is 0. The van der Waals surface area contributed by atoms with E-state index >= 15 is 0 Å². The molecule has 0 atom stereocenters. The molecular weight excluding hydrogens is 447 g/mol. The zero-order valence-corrected chi connectivity index (χ0v) is 13.9. The monoisotopic (exact) mass is 453 g/mol. The molecule has 0 aromatic heterocycles. The standard InChI is InChI=1S/C13H7BrClFINO/c14-7-1-3-9(10(16)5-7)13(19)18-12-4-2-8(15)6-11(12)17/h1-6H,(H,18,19). The minimum Gasteiger partial charge on any atom is -0.321 e. The van der Waals surface area contributed by atoms with Crippen molar-refractivity contribution in [2.45, 2.75) is 0 Å². The van der Waals surface area contributed by atoms with Crippen LogP contribution in [0.25, 0.3) is 0 Å². The molecule has 0 radical (unpaired) electrons. The first-order valence-electron chi connectivity index (χ1n) is 5.19. The van der Waals surface area contributed by atoms with Crippen molar-refractivity contribution in [1.29, 1.82) is 0 Å². The Kier molecular flexibility index (Phi) is 4.81. The lowest BCUT2D eigenvalue weighted by Gasteiger charge is -2.08. The molecule has 0 aliphatic rings. The average Bonchev–Trinajstić information content (AvgIpc) is 2.32. The Morgan fingerprint density at radius 2 is 2.00 bits per heavy atom. The normalized spacial score (nSPS) is 10.3. The number of amides is 1. The van der Waals surface area contributed by atoms with Gasteiger partial charge in [0.2, 0.25) is 0 Å². The fraction of sp³-hybridized carbons (Fsp3) is 0. The van der Waals surface area contributed by atoms with Crippen LogP contribution in [0.1, 0.15) is 10.4 Å². The Labute approximate surface area is 136 Å². The zero-order valence-electron chi connectivity index (χ0n) is 9.38. The highest BCUT2D eigenvalue weighted by Crippen LogP contribution is 2.23. The van der Waals surface area contributed by atoms with Crippen molar-refractivity contribution >= 4 is 61.7 Å². The molecule has 0 saturated heterocycles. The lowest BCUT2D eigenvalue weighted by molar-refractivity contribution is 0.102. The van der Waals surface area contributed by atoms with Gasteiger partial charge >= 0.3 is 0 Å². The number of carbonyl (C=O) groups excluding carboxylic acids is 1. The third kappa shape index (κ3) is 3.67. The summed E-state index contributed by atoms with van der Waals surface area (Å²) in [5.74, 6) is -1.07. The SMILES string of the molecule is O=C(Nc1ccc(Cl)cc1I)c1ccc(Br)cc1F. The van der Waals surface area contributed by atoms with Crippen LogP contribution in [0, 0.1) is 9.39 Å². The molecule has 2 rings (SSSR count). The topological polar surface area (TPSA) is 29.1 Å². The van der Waals surface area contributed by atoms with Crippen LogP contribution in [0.15, 0.2) is 40.9 Å². The van der Waals surface area contributed by atoms with Gasteiger partial charge in [0.05, 0.1) is 11.3 Å². The van der Waals surface area contributed by atoms with Crippen molar-refractivity contribution in [3.8, 4) is 0 Å². The van der Waals surface area contributed by atoms with Gasteiger partial charge in [-0.15, -0.1) is 0 Å². The van der Waals surface area contributed by atoms with Gasteiger partial charge < -0.3 is 5.32 Å². The largest absolute Gasteiger partial charge is 0.321 e. The summed E-state index contributed by atoms with van der Waals surface area (Å²) in [6, 6.07) is 9.36. The molecule has 0 aliphatic carbocycles. The van der Waals surface area contributed by atoms with Crippen molar-refractivity contribution in [2.24, 2.45) is 0 Å². The van der Waals surface area contributed by atoms with E-state index in [2.05, 4.69) is 43.8 Å². The van der Waals surface area contributed by atoms with Gasteiger partial charge in [0.15, 0.2) is 0 Å². The minimum absolute atomic E-state index is 0.00560. The fourth-order valence-electron chi connectivity index (χ4n) is 1.45. The maximum Gasteiger partial charge on any atom is 0.258 e. The summed E-state index contributed by atoms with van der Waals surface area (Å²) in [6.07, 6.45) is 0. The van der Waals surface area contributed by atoms with Crippen molar-refractivity contribution < 1.29 is 9.18 Å². The first-order valence-corrected chi connectivity index (χ1v) is 7.44. The molecule has 0 saturated carbocycles. The van der Waals surface area contributed by atoms with Crippen molar-refractivity contribution in [3.05, 3.63) is 60.8 Å². The Morgan fingerprint density at radius 1 is 1.26 bits per heavy atom. The van der Waals surface area contributed by atoms with E-state index in [0.29, 0.717) is 15.2 Å². The number of nitrogens with one attached hydrogen (secondary N) is 1. The van der Waals surface area contributed by atoms with E-state index < -0.39 is 11.7 Å². The minimum atomic E-state index is -0.573. The molecule has 1 N–H and O–H groups in total. The summed E-state index contributed by atoms with van der Waals surface area (Å²) in [5.41, 5.74) is 0.589. The second kappa shape index (κ2) is 6.19. The maximum atomic E-state index is 13.7. The third-order valence-corrected chi connectivity index (χ3v) is 3.98. The van der Waals surface area contributed by atoms with Crippen LogP contribution in [0.2, 0.25) is 5.02 Å². The smallest absolute Gasteiger partial charge is 0.258 e. The van der Waals surface area contributed by atoms with Crippen LogP contribution in [-0.4, -0.2) is 5.91 Å². The number of hydrogen-bond donors (Lipinski definition) is 1.